The van der Waals surface area contributed by atoms with Gasteiger partial charge in [0.25, 0.3) is 0 Å². The number of β-amino-alcohol motifs (C(OH)–C–C–N with tert-alkyl or cyclic N) is 1. The molecule has 0 aromatic carbocycles. The molecule has 0 bridgehead atoms. The van der Waals surface area contributed by atoms with Gasteiger partial charge in [0.05, 0.1) is 19.8 Å². The van der Waals surface area contributed by atoms with Crippen molar-refractivity contribution in [3.8, 4) is 0 Å². The zero-order chi connectivity index (χ0) is 11.3. The third kappa shape index (κ3) is 3.44. The Labute approximate surface area is 89.6 Å². The van der Waals surface area contributed by atoms with Crippen molar-refractivity contribution in [2.24, 2.45) is 0 Å². The van der Waals surface area contributed by atoms with Gasteiger partial charge in [0.2, 0.25) is 0 Å². The van der Waals surface area contributed by atoms with Crippen LogP contribution in [0.2, 0.25) is 0 Å². The summed E-state index contributed by atoms with van der Waals surface area (Å²) < 4.78 is 4.71. The molecule has 15 heavy (non-hydrogen) atoms. The lowest BCUT2D eigenvalue weighted by atomic mass is 10.0. The van der Waals surface area contributed by atoms with Crippen molar-refractivity contribution in [1.82, 2.24) is 4.90 Å². The van der Waals surface area contributed by atoms with Gasteiger partial charge in [-0.3, -0.25) is 9.69 Å². The molecular formula is C10H19NO4. The van der Waals surface area contributed by atoms with Crippen LogP contribution in [0.1, 0.15) is 19.3 Å². The number of hydrogen-bond donors (Lipinski definition) is 2. The Hall–Kier alpha value is -0.650. The van der Waals surface area contributed by atoms with Crippen molar-refractivity contribution >= 4 is 5.97 Å². The van der Waals surface area contributed by atoms with Crippen LogP contribution in [0.5, 0.6) is 0 Å². The summed E-state index contributed by atoms with van der Waals surface area (Å²) >= 11 is 0. The highest BCUT2D eigenvalue weighted by molar-refractivity contribution is 5.75. The fourth-order valence-electron chi connectivity index (χ4n) is 1.94. The molecule has 0 amide bonds. The fraction of sp³-hybridized carbons (Fsp3) is 0.900. The van der Waals surface area contributed by atoms with Crippen LogP contribution in [0.15, 0.2) is 0 Å². The second-order valence-electron chi connectivity index (χ2n) is 3.87. The first kappa shape index (κ1) is 12.4. The van der Waals surface area contributed by atoms with Crippen LogP contribution < -0.4 is 0 Å². The fourth-order valence-corrected chi connectivity index (χ4v) is 1.94. The first-order valence-electron chi connectivity index (χ1n) is 5.29. The molecular weight excluding hydrogens is 198 g/mol. The molecule has 0 aliphatic carbocycles. The maximum absolute atomic E-state index is 11.4. The van der Waals surface area contributed by atoms with Crippen molar-refractivity contribution in [2.45, 2.75) is 31.4 Å². The largest absolute Gasteiger partial charge is 0.468 e. The predicted molar refractivity (Wildman–Crippen MR) is 54.3 cm³/mol. The number of aliphatic hydroxyl groups excluding tert-OH is 2. The van der Waals surface area contributed by atoms with Crippen molar-refractivity contribution in [3.05, 3.63) is 0 Å². The summed E-state index contributed by atoms with van der Waals surface area (Å²) in [6, 6.07) is -0.259. The molecule has 0 aromatic rings. The van der Waals surface area contributed by atoms with Crippen molar-refractivity contribution in [1.29, 1.82) is 0 Å². The predicted octanol–water partition coefficient (Wildman–Crippen LogP) is -0.633. The number of aliphatic hydroxyl groups is 2. The summed E-state index contributed by atoms with van der Waals surface area (Å²) in [5.74, 6) is -0.250. The van der Waals surface area contributed by atoms with E-state index in [2.05, 4.69) is 0 Å². The highest BCUT2D eigenvalue weighted by atomic mass is 16.5. The van der Waals surface area contributed by atoms with E-state index in [1.165, 1.54) is 7.11 Å². The molecule has 2 N–H and O–H groups in total. The Morgan fingerprint density at radius 3 is 2.93 bits per heavy atom. The van der Waals surface area contributed by atoms with Crippen molar-refractivity contribution < 1.29 is 19.7 Å². The molecule has 0 aromatic heterocycles. The van der Waals surface area contributed by atoms with Crippen LogP contribution in [-0.4, -0.2) is 60.0 Å². The highest BCUT2D eigenvalue weighted by Gasteiger charge is 2.30. The van der Waals surface area contributed by atoms with Crippen LogP contribution >= 0.6 is 0 Å². The van der Waals surface area contributed by atoms with Gasteiger partial charge in [-0.15, -0.1) is 0 Å². The minimum absolute atomic E-state index is 0.250. The van der Waals surface area contributed by atoms with E-state index in [9.17, 15) is 9.90 Å². The van der Waals surface area contributed by atoms with Crippen LogP contribution in [0.3, 0.4) is 0 Å². The van der Waals surface area contributed by atoms with Gasteiger partial charge in [-0.2, -0.15) is 0 Å². The van der Waals surface area contributed by atoms with Gasteiger partial charge >= 0.3 is 5.97 Å². The SMILES string of the molecule is COC(=O)[C@H]1CCCCN1CC(O)CO. The zero-order valence-corrected chi connectivity index (χ0v) is 9.06. The molecule has 0 saturated carbocycles. The molecule has 1 saturated heterocycles. The second-order valence-corrected chi connectivity index (χ2v) is 3.87. The molecule has 0 radical (unpaired) electrons. The van der Waals surface area contributed by atoms with E-state index in [4.69, 9.17) is 9.84 Å². The number of ether oxygens (including phenoxy) is 1. The topological polar surface area (TPSA) is 70.0 Å². The number of piperidine rings is 1. The van der Waals surface area contributed by atoms with Gasteiger partial charge in [-0.1, -0.05) is 6.42 Å². The number of likely N-dealkylation sites (tertiary alicyclic amines) is 1. The van der Waals surface area contributed by atoms with Gasteiger partial charge in [-0.25, -0.2) is 0 Å². The van der Waals surface area contributed by atoms with E-state index in [1.54, 1.807) is 0 Å². The maximum atomic E-state index is 11.4. The van der Waals surface area contributed by atoms with E-state index < -0.39 is 6.10 Å². The van der Waals surface area contributed by atoms with Crippen LogP contribution in [0.25, 0.3) is 0 Å². The molecule has 88 valence electrons. The average Bonchev–Trinajstić information content (AvgIpc) is 2.28. The molecule has 1 rings (SSSR count). The van der Waals surface area contributed by atoms with Gasteiger partial charge in [0, 0.05) is 6.54 Å². The van der Waals surface area contributed by atoms with Crippen LogP contribution in [-0.2, 0) is 9.53 Å². The minimum atomic E-state index is -0.782. The second kappa shape index (κ2) is 6.05. The smallest absolute Gasteiger partial charge is 0.323 e. The van der Waals surface area contributed by atoms with Crippen LogP contribution in [0.4, 0.5) is 0 Å². The van der Waals surface area contributed by atoms with E-state index in [1.807, 2.05) is 4.90 Å². The summed E-state index contributed by atoms with van der Waals surface area (Å²) in [7, 11) is 1.37. The van der Waals surface area contributed by atoms with Gasteiger partial charge < -0.3 is 14.9 Å². The minimum Gasteiger partial charge on any atom is -0.468 e. The number of rotatable bonds is 4. The standard InChI is InChI=1S/C10H19NO4/c1-15-10(14)9-4-2-3-5-11(9)6-8(13)7-12/h8-9,12-13H,2-7H2,1H3/t8?,9-/m1/s1. The lowest BCUT2D eigenvalue weighted by Gasteiger charge is -2.34. The number of nitrogens with zero attached hydrogens (tertiary/aromatic N) is 1. The Kier molecular flexibility index (Phi) is 5.01. The Balaban J connectivity index is 2.53. The van der Waals surface area contributed by atoms with Gasteiger partial charge in [0.15, 0.2) is 0 Å². The third-order valence-electron chi connectivity index (χ3n) is 2.74. The third-order valence-corrected chi connectivity index (χ3v) is 2.74. The zero-order valence-electron chi connectivity index (χ0n) is 9.06. The van der Waals surface area contributed by atoms with E-state index >= 15 is 0 Å². The van der Waals surface area contributed by atoms with Crippen molar-refractivity contribution in [3.63, 3.8) is 0 Å². The van der Waals surface area contributed by atoms with Gasteiger partial charge in [0.1, 0.15) is 6.04 Å². The van der Waals surface area contributed by atoms with E-state index in [0.29, 0.717) is 6.54 Å². The van der Waals surface area contributed by atoms with E-state index in [0.717, 1.165) is 25.8 Å². The molecule has 1 aliphatic rings. The van der Waals surface area contributed by atoms with E-state index in [-0.39, 0.29) is 18.6 Å². The number of carbonyl (C=O) groups is 1. The molecule has 1 unspecified atom stereocenters. The Bertz CT molecular complexity index is 210. The summed E-state index contributed by atoms with van der Waals surface area (Å²) in [6.07, 6.45) is 2.01. The Morgan fingerprint density at radius 1 is 1.60 bits per heavy atom. The first-order valence-corrected chi connectivity index (χ1v) is 5.29. The first-order chi connectivity index (χ1) is 7.19. The average molecular weight is 217 g/mol. The molecule has 5 heteroatoms. The molecule has 0 spiro atoms. The number of esters is 1. The maximum Gasteiger partial charge on any atom is 0.323 e. The molecule has 5 nitrogen and oxygen atoms in total. The van der Waals surface area contributed by atoms with Crippen LogP contribution in [0, 0.1) is 0 Å². The highest BCUT2D eigenvalue weighted by Crippen LogP contribution is 2.18. The number of methoxy groups -OCH3 is 1. The number of hydrogen-bond acceptors (Lipinski definition) is 5. The molecule has 1 heterocycles. The lowest BCUT2D eigenvalue weighted by molar-refractivity contribution is -0.149. The summed E-state index contributed by atoms with van der Waals surface area (Å²) in [5, 5.41) is 18.1. The van der Waals surface area contributed by atoms with Crippen molar-refractivity contribution in [2.75, 3.05) is 26.8 Å². The lowest BCUT2D eigenvalue weighted by Crippen LogP contribution is -2.48. The Morgan fingerprint density at radius 2 is 2.33 bits per heavy atom. The molecule has 1 aliphatic heterocycles. The summed E-state index contributed by atoms with van der Waals surface area (Å²) in [5.41, 5.74) is 0. The molecule has 1 fully saturated rings. The van der Waals surface area contributed by atoms with Gasteiger partial charge in [-0.05, 0) is 19.4 Å². The molecule has 2 atom stereocenters. The monoisotopic (exact) mass is 217 g/mol. The normalized spacial score (nSPS) is 24.9. The quantitative estimate of drug-likeness (QED) is 0.613. The summed E-state index contributed by atoms with van der Waals surface area (Å²) in [6.45, 7) is 0.831. The summed E-state index contributed by atoms with van der Waals surface area (Å²) in [4.78, 5) is 13.3. The number of carbonyl (C=O) groups excluding carboxylic acids is 1.